The molecule has 0 radical (unpaired) electrons. The SMILES string of the molecule is C/C=C\c1c(C)sc2cccc(N(c3cc(-c4ccccc4)cc(-c4ccccc4)c3)c3cccc4c3c3cccc5c6ccccc6n4c53)c12. The maximum Gasteiger partial charge on any atom is 0.0621 e. The zero-order valence-electron chi connectivity index (χ0n) is 28.5. The van der Waals surface area contributed by atoms with Gasteiger partial charge in [0.2, 0.25) is 0 Å². The van der Waals surface area contributed by atoms with Crippen molar-refractivity contribution in [2.75, 3.05) is 4.90 Å². The molecule has 0 N–H and O–H groups in total. The monoisotopic (exact) mass is 670 g/mol. The Morgan fingerprint density at radius 1 is 0.529 bits per heavy atom. The summed E-state index contributed by atoms with van der Waals surface area (Å²) in [5, 5.41) is 6.39. The van der Waals surface area contributed by atoms with Crippen LogP contribution in [0.25, 0.3) is 76.5 Å². The summed E-state index contributed by atoms with van der Waals surface area (Å²) in [4.78, 5) is 3.86. The first-order valence-electron chi connectivity index (χ1n) is 17.6. The van der Waals surface area contributed by atoms with Gasteiger partial charge in [-0.3, -0.25) is 0 Å². The first-order chi connectivity index (χ1) is 25.2. The van der Waals surface area contributed by atoms with Crippen molar-refractivity contribution in [3.63, 3.8) is 0 Å². The highest BCUT2D eigenvalue weighted by Crippen LogP contribution is 2.50. The van der Waals surface area contributed by atoms with Crippen LogP contribution in [-0.2, 0) is 0 Å². The average molecular weight is 671 g/mol. The molecule has 0 aliphatic rings. The van der Waals surface area contributed by atoms with E-state index in [1.165, 1.54) is 92.3 Å². The molecule has 0 fully saturated rings. The molecule has 0 unspecified atom stereocenters. The molecule has 0 aliphatic heterocycles. The highest BCUT2D eigenvalue weighted by Gasteiger charge is 2.25. The first kappa shape index (κ1) is 29.7. The number of thiophene rings is 1. The molecule has 7 aromatic carbocycles. The van der Waals surface area contributed by atoms with E-state index in [0.717, 1.165) is 5.69 Å². The van der Waals surface area contributed by atoms with Gasteiger partial charge in [-0.05, 0) is 90.2 Å². The second-order valence-corrected chi connectivity index (χ2v) is 14.5. The van der Waals surface area contributed by atoms with E-state index in [1.54, 1.807) is 0 Å². The topological polar surface area (TPSA) is 7.65 Å². The summed E-state index contributed by atoms with van der Waals surface area (Å²) in [6.07, 6.45) is 4.44. The molecule has 3 heteroatoms. The van der Waals surface area contributed by atoms with Crippen LogP contribution in [0.2, 0.25) is 0 Å². The van der Waals surface area contributed by atoms with Crippen LogP contribution in [0.3, 0.4) is 0 Å². The molecule has 0 spiro atoms. The van der Waals surface area contributed by atoms with Crippen LogP contribution in [0.4, 0.5) is 17.1 Å². The number of hydrogen-bond donors (Lipinski definition) is 0. The molecular formula is C48H34N2S. The molecule has 51 heavy (non-hydrogen) atoms. The van der Waals surface area contributed by atoms with Crippen molar-refractivity contribution in [1.82, 2.24) is 4.40 Å². The Kier molecular flexibility index (Phi) is 6.83. The number of aryl methyl sites for hydroxylation is 1. The minimum Gasteiger partial charge on any atom is -0.309 e. The van der Waals surface area contributed by atoms with Gasteiger partial charge in [-0.1, -0.05) is 121 Å². The number of para-hydroxylation sites is 2. The van der Waals surface area contributed by atoms with Crippen LogP contribution in [0.5, 0.6) is 0 Å². The first-order valence-corrected chi connectivity index (χ1v) is 18.4. The van der Waals surface area contributed by atoms with Crippen LogP contribution in [0.1, 0.15) is 17.4 Å². The number of fused-ring (bicyclic) bond motifs is 7. The molecule has 10 rings (SSSR count). The highest BCUT2D eigenvalue weighted by atomic mass is 32.1. The summed E-state index contributed by atoms with van der Waals surface area (Å²) in [5.74, 6) is 0. The minimum atomic E-state index is 1.13. The number of benzene rings is 7. The van der Waals surface area contributed by atoms with Crippen molar-refractivity contribution in [3.8, 4) is 22.3 Å². The van der Waals surface area contributed by atoms with Gasteiger partial charge < -0.3 is 9.30 Å². The number of nitrogens with zero attached hydrogens (tertiary/aromatic N) is 2. The molecule has 2 nitrogen and oxygen atoms in total. The van der Waals surface area contributed by atoms with Crippen LogP contribution in [0, 0.1) is 6.92 Å². The van der Waals surface area contributed by atoms with E-state index in [0.29, 0.717) is 0 Å². The molecule has 0 atom stereocenters. The Morgan fingerprint density at radius 3 is 1.84 bits per heavy atom. The van der Waals surface area contributed by atoms with E-state index < -0.39 is 0 Å². The number of rotatable bonds is 6. The number of anilines is 3. The summed E-state index contributed by atoms with van der Waals surface area (Å²) >= 11 is 1.87. The van der Waals surface area contributed by atoms with Crippen LogP contribution in [0.15, 0.2) is 164 Å². The van der Waals surface area contributed by atoms with Gasteiger partial charge in [0, 0.05) is 42.2 Å². The zero-order valence-corrected chi connectivity index (χ0v) is 29.3. The zero-order chi connectivity index (χ0) is 34.1. The van der Waals surface area contributed by atoms with Gasteiger partial charge in [0.05, 0.1) is 27.9 Å². The maximum absolute atomic E-state index is 2.53. The summed E-state index contributed by atoms with van der Waals surface area (Å²) in [6, 6.07) is 57.9. The second kappa shape index (κ2) is 11.7. The fourth-order valence-electron chi connectivity index (χ4n) is 8.22. The Bertz CT molecular complexity index is 2870. The largest absolute Gasteiger partial charge is 0.309 e. The normalized spacial score (nSPS) is 12.0. The highest BCUT2D eigenvalue weighted by molar-refractivity contribution is 7.19. The lowest BCUT2D eigenvalue weighted by atomic mass is 9.96. The maximum atomic E-state index is 2.53. The smallest absolute Gasteiger partial charge is 0.0621 e. The molecule has 0 aliphatic carbocycles. The summed E-state index contributed by atoms with van der Waals surface area (Å²) in [7, 11) is 0. The van der Waals surface area contributed by atoms with E-state index in [1.807, 2.05) is 11.3 Å². The van der Waals surface area contributed by atoms with Crippen LogP contribution >= 0.6 is 11.3 Å². The van der Waals surface area contributed by atoms with Crippen molar-refractivity contribution in [3.05, 3.63) is 174 Å². The molecule has 10 aromatic rings. The lowest BCUT2D eigenvalue weighted by Gasteiger charge is -2.29. The summed E-state index contributed by atoms with van der Waals surface area (Å²) in [5.41, 5.74) is 13.3. The number of aromatic nitrogens is 1. The van der Waals surface area contributed by atoms with Gasteiger partial charge in [0.25, 0.3) is 0 Å². The van der Waals surface area contributed by atoms with Crippen LogP contribution < -0.4 is 4.90 Å². The minimum absolute atomic E-state index is 1.13. The van der Waals surface area contributed by atoms with Crippen molar-refractivity contribution >= 4 is 82.7 Å². The Morgan fingerprint density at radius 2 is 1.12 bits per heavy atom. The fourth-order valence-corrected chi connectivity index (χ4v) is 9.29. The van der Waals surface area contributed by atoms with E-state index in [-0.39, 0.29) is 0 Å². The molecule has 242 valence electrons. The van der Waals surface area contributed by atoms with Gasteiger partial charge >= 0.3 is 0 Å². The van der Waals surface area contributed by atoms with Crippen molar-refractivity contribution in [2.24, 2.45) is 0 Å². The van der Waals surface area contributed by atoms with Gasteiger partial charge in [-0.2, -0.15) is 0 Å². The van der Waals surface area contributed by atoms with Gasteiger partial charge in [0.1, 0.15) is 0 Å². The number of allylic oxidation sites excluding steroid dienone is 1. The standard InChI is InChI=1S/C48H34N2S/c1-3-15-37-31(2)51-45-27-14-26-44(47(37)45)49(36-29-34(32-16-6-4-7-17-32)28-35(30-36)33-18-8-5-9-19-33)42-24-13-25-43-46(42)40-22-12-21-39-38-20-10-11-23-41(38)50(43)48(39)40/h3-30H,1-2H3/b15-3-. The Balaban J connectivity index is 1.36. The summed E-state index contributed by atoms with van der Waals surface area (Å²) < 4.78 is 3.77. The van der Waals surface area contributed by atoms with E-state index in [4.69, 9.17) is 0 Å². The molecule has 0 amide bonds. The molecular weight excluding hydrogens is 637 g/mol. The molecule has 0 saturated heterocycles. The predicted octanol–water partition coefficient (Wildman–Crippen LogP) is 14.2. The Labute approximate surface area is 301 Å². The van der Waals surface area contributed by atoms with E-state index in [2.05, 4.69) is 193 Å². The van der Waals surface area contributed by atoms with E-state index >= 15 is 0 Å². The quantitative estimate of drug-likeness (QED) is 0.171. The third-order valence-electron chi connectivity index (χ3n) is 10.3. The van der Waals surface area contributed by atoms with Crippen molar-refractivity contribution in [2.45, 2.75) is 13.8 Å². The molecule has 0 saturated carbocycles. The third kappa shape index (κ3) is 4.55. The van der Waals surface area contributed by atoms with Gasteiger partial charge in [-0.15, -0.1) is 11.3 Å². The lowest BCUT2D eigenvalue weighted by Crippen LogP contribution is -2.11. The van der Waals surface area contributed by atoms with Gasteiger partial charge in [0.15, 0.2) is 0 Å². The average Bonchev–Trinajstić information content (AvgIpc) is 3.83. The molecule has 3 aromatic heterocycles. The predicted molar refractivity (Wildman–Crippen MR) is 221 cm³/mol. The van der Waals surface area contributed by atoms with Crippen molar-refractivity contribution < 1.29 is 0 Å². The second-order valence-electron chi connectivity index (χ2n) is 13.3. The lowest BCUT2D eigenvalue weighted by molar-refractivity contribution is 1.31. The summed E-state index contributed by atoms with van der Waals surface area (Å²) in [6.45, 7) is 4.36. The third-order valence-corrected chi connectivity index (χ3v) is 11.4. The fraction of sp³-hybridized carbons (Fsp3) is 0.0417. The van der Waals surface area contributed by atoms with Gasteiger partial charge in [-0.25, -0.2) is 0 Å². The molecule has 3 heterocycles. The van der Waals surface area contributed by atoms with Crippen molar-refractivity contribution in [1.29, 1.82) is 0 Å². The Hall–Kier alpha value is -6.16. The number of hydrogen-bond acceptors (Lipinski definition) is 2. The van der Waals surface area contributed by atoms with Crippen LogP contribution in [-0.4, -0.2) is 4.40 Å². The molecule has 0 bridgehead atoms. The van der Waals surface area contributed by atoms with E-state index in [9.17, 15) is 0 Å².